The summed E-state index contributed by atoms with van der Waals surface area (Å²) < 4.78 is 7.39. The molecule has 0 saturated carbocycles. The molecule has 1 N–H and O–H groups in total. The van der Waals surface area contributed by atoms with E-state index in [-0.39, 0.29) is 5.91 Å². The van der Waals surface area contributed by atoms with E-state index in [1.54, 1.807) is 13.3 Å². The van der Waals surface area contributed by atoms with Crippen molar-refractivity contribution in [1.29, 1.82) is 0 Å². The van der Waals surface area contributed by atoms with Crippen molar-refractivity contribution in [2.24, 2.45) is 0 Å². The van der Waals surface area contributed by atoms with Gasteiger partial charge >= 0.3 is 0 Å². The van der Waals surface area contributed by atoms with Gasteiger partial charge in [-0.25, -0.2) is 4.98 Å². The van der Waals surface area contributed by atoms with Crippen molar-refractivity contribution in [3.63, 3.8) is 0 Å². The molecule has 0 unspecified atom stereocenters. The second-order valence-electron chi connectivity index (χ2n) is 6.19. The van der Waals surface area contributed by atoms with Gasteiger partial charge in [-0.15, -0.1) is 0 Å². The summed E-state index contributed by atoms with van der Waals surface area (Å²) in [5, 5.41) is 2.98. The number of carbonyl (C=O) groups excluding carboxylic acids is 1. The highest BCUT2D eigenvalue weighted by Crippen LogP contribution is 2.17. The van der Waals surface area contributed by atoms with E-state index in [2.05, 4.69) is 27.0 Å². The predicted molar refractivity (Wildman–Crippen MR) is 101 cm³/mol. The Balaban J connectivity index is 1.58. The highest BCUT2D eigenvalue weighted by molar-refractivity contribution is 5.79. The lowest BCUT2D eigenvalue weighted by Gasteiger charge is -2.10. The number of aromatic nitrogens is 2. The van der Waals surface area contributed by atoms with Crippen molar-refractivity contribution in [1.82, 2.24) is 14.9 Å². The molecule has 0 bridgehead atoms. The van der Waals surface area contributed by atoms with Crippen LogP contribution in [-0.4, -0.2) is 22.6 Å². The fourth-order valence-corrected chi connectivity index (χ4v) is 2.89. The topological polar surface area (TPSA) is 56.1 Å². The number of carbonyl (C=O) groups is 1. The highest BCUT2D eigenvalue weighted by Gasteiger charge is 2.08. The molecule has 0 saturated heterocycles. The Labute approximate surface area is 153 Å². The zero-order chi connectivity index (χ0) is 18.4. The Morgan fingerprint density at radius 1 is 1.15 bits per heavy atom. The smallest absolute Gasteiger partial charge is 0.224 e. The molecule has 0 atom stereocenters. The minimum Gasteiger partial charge on any atom is -0.496 e. The van der Waals surface area contributed by atoms with Gasteiger partial charge in [0.1, 0.15) is 11.6 Å². The van der Waals surface area contributed by atoms with Crippen LogP contribution in [0.15, 0.2) is 60.9 Å². The second kappa shape index (κ2) is 8.34. The summed E-state index contributed by atoms with van der Waals surface area (Å²) in [7, 11) is 1.62. The first-order valence-corrected chi connectivity index (χ1v) is 8.60. The maximum Gasteiger partial charge on any atom is 0.224 e. The van der Waals surface area contributed by atoms with Crippen LogP contribution in [0.5, 0.6) is 5.75 Å². The number of imidazole rings is 1. The van der Waals surface area contributed by atoms with Gasteiger partial charge < -0.3 is 14.6 Å². The molecule has 1 amide bonds. The van der Waals surface area contributed by atoms with Crippen molar-refractivity contribution in [3.8, 4) is 5.75 Å². The molecule has 1 aromatic heterocycles. The first-order chi connectivity index (χ1) is 12.7. The molecule has 5 heteroatoms. The lowest BCUT2D eigenvalue weighted by Crippen LogP contribution is -2.24. The summed E-state index contributed by atoms with van der Waals surface area (Å²) in [6, 6.07) is 15.8. The van der Waals surface area contributed by atoms with Gasteiger partial charge in [0, 0.05) is 31.0 Å². The Bertz CT molecular complexity index is 886. The van der Waals surface area contributed by atoms with Crippen LogP contribution in [0, 0.1) is 6.92 Å². The summed E-state index contributed by atoms with van der Waals surface area (Å²) >= 11 is 0. The number of nitrogens with one attached hydrogen (secondary N) is 1. The Morgan fingerprint density at radius 3 is 2.73 bits per heavy atom. The van der Waals surface area contributed by atoms with Gasteiger partial charge in [0.2, 0.25) is 5.91 Å². The molecular formula is C21H23N3O2. The molecule has 3 rings (SSSR count). The number of hydrogen-bond donors (Lipinski definition) is 1. The normalized spacial score (nSPS) is 10.5. The molecule has 0 spiro atoms. The fraction of sp³-hybridized carbons (Fsp3) is 0.238. The number of methoxy groups -OCH3 is 1. The summed E-state index contributed by atoms with van der Waals surface area (Å²) in [4.78, 5) is 16.5. The monoisotopic (exact) mass is 349 g/mol. The van der Waals surface area contributed by atoms with E-state index in [1.165, 1.54) is 5.56 Å². The standard InChI is InChI=1S/C21H23N3O2/c1-16-22-10-11-24(16)15-18-7-5-6-17(12-18)14-23-21(25)13-19-8-3-4-9-20(19)26-2/h3-12H,13-15H2,1-2H3,(H,23,25). The van der Waals surface area contributed by atoms with Crippen molar-refractivity contribution in [2.45, 2.75) is 26.4 Å². The molecule has 0 aliphatic carbocycles. The van der Waals surface area contributed by atoms with Gasteiger partial charge in [0.05, 0.1) is 13.5 Å². The van der Waals surface area contributed by atoms with Crippen molar-refractivity contribution < 1.29 is 9.53 Å². The number of ether oxygens (including phenoxy) is 1. The maximum absolute atomic E-state index is 12.3. The average molecular weight is 349 g/mol. The number of hydrogen-bond acceptors (Lipinski definition) is 3. The molecule has 1 heterocycles. The van der Waals surface area contributed by atoms with E-state index in [9.17, 15) is 4.79 Å². The van der Waals surface area contributed by atoms with Crippen LogP contribution in [0.2, 0.25) is 0 Å². The summed E-state index contributed by atoms with van der Waals surface area (Å²) in [6.45, 7) is 3.27. The molecule has 0 radical (unpaired) electrons. The number of benzene rings is 2. The van der Waals surface area contributed by atoms with Gasteiger partial charge in [0.15, 0.2) is 0 Å². The highest BCUT2D eigenvalue weighted by atomic mass is 16.5. The Kier molecular flexibility index (Phi) is 5.69. The molecule has 2 aromatic carbocycles. The summed E-state index contributed by atoms with van der Waals surface area (Å²) in [5.41, 5.74) is 3.15. The van der Waals surface area contributed by atoms with Crippen LogP contribution in [0.25, 0.3) is 0 Å². The van der Waals surface area contributed by atoms with Crippen molar-refractivity contribution >= 4 is 5.91 Å². The summed E-state index contributed by atoms with van der Waals surface area (Å²) in [5.74, 6) is 1.70. The molecular weight excluding hydrogens is 326 g/mol. The first kappa shape index (κ1) is 17.7. The van der Waals surface area contributed by atoms with Crippen LogP contribution in [0.4, 0.5) is 0 Å². The van der Waals surface area contributed by atoms with Crippen LogP contribution in [-0.2, 0) is 24.3 Å². The average Bonchev–Trinajstić information content (AvgIpc) is 3.05. The zero-order valence-corrected chi connectivity index (χ0v) is 15.1. The van der Waals surface area contributed by atoms with E-state index in [4.69, 9.17) is 4.74 Å². The molecule has 3 aromatic rings. The predicted octanol–water partition coefficient (Wildman–Crippen LogP) is 3.11. The van der Waals surface area contributed by atoms with Gasteiger partial charge in [-0.05, 0) is 24.1 Å². The van der Waals surface area contributed by atoms with Crippen LogP contribution in [0.1, 0.15) is 22.5 Å². The number of aryl methyl sites for hydroxylation is 1. The largest absolute Gasteiger partial charge is 0.496 e. The van der Waals surface area contributed by atoms with Crippen molar-refractivity contribution in [2.75, 3.05) is 7.11 Å². The third-order valence-electron chi connectivity index (χ3n) is 4.30. The quantitative estimate of drug-likeness (QED) is 0.713. The van der Waals surface area contributed by atoms with Crippen molar-refractivity contribution in [3.05, 3.63) is 83.4 Å². The maximum atomic E-state index is 12.3. The number of para-hydroxylation sites is 1. The fourth-order valence-electron chi connectivity index (χ4n) is 2.89. The molecule has 0 aliphatic rings. The Morgan fingerprint density at radius 2 is 1.96 bits per heavy atom. The van der Waals surface area contributed by atoms with Gasteiger partial charge in [-0.1, -0.05) is 42.5 Å². The molecule has 134 valence electrons. The zero-order valence-electron chi connectivity index (χ0n) is 15.1. The third kappa shape index (κ3) is 4.51. The van der Waals surface area contributed by atoms with E-state index in [0.717, 1.165) is 29.2 Å². The minimum absolute atomic E-state index is 0.0228. The number of nitrogens with zero attached hydrogens (tertiary/aromatic N) is 2. The van der Waals surface area contributed by atoms with Gasteiger partial charge in [-0.3, -0.25) is 4.79 Å². The lowest BCUT2D eigenvalue weighted by atomic mass is 10.1. The van der Waals surface area contributed by atoms with Gasteiger partial charge in [0.25, 0.3) is 0 Å². The minimum atomic E-state index is -0.0228. The van der Waals surface area contributed by atoms with Crippen LogP contribution in [0.3, 0.4) is 0 Å². The van der Waals surface area contributed by atoms with Crippen LogP contribution < -0.4 is 10.1 Å². The SMILES string of the molecule is COc1ccccc1CC(=O)NCc1cccc(Cn2ccnc2C)c1. The molecule has 5 nitrogen and oxygen atoms in total. The van der Waals surface area contributed by atoms with E-state index < -0.39 is 0 Å². The molecule has 0 aliphatic heterocycles. The van der Waals surface area contributed by atoms with E-state index >= 15 is 0 Å². The Hall–Kier alpha value is -3.08. The van der Waals surface area contributed by atoms with E-state index in [1.807, 2.05) is 49.5 Å². The number of amides is 1. The van der Waals surface area contributed by atoms with Crippen LogP contribution >= 0.6 is 0 Å². The number of rotatable bonds is 7. The third-order valence-corrected chi connectivity index (χ3v) is 4.30. The first-order valence-electron chi connectivity index (χ1n) is 8.60. The molecule has 26 heavy (non-hydrogen) atoms. The molecule has 0 fully saturated rings. The summed E-state index contributed by atoms with van der Waals surface area (Å²) in [6.07, 6.45) is 4.08. The second-order valence-corrected chi connectivity index (χ2v) is 6.19. The van der Waals surface area contributed by atoms with Gasteiger partial charge in [-0.2, -0.15) is 0 Å². The van der Waals surface area contributed by atoms with E-state index in [0.29, 0.717) is 13.0 Å². The lowest BCUT2D eigenvalue weighted by molar-refractivity contribution is -0.120.